The van der Waals surface area contributed by atoms with E-state index in [4.69, 9.17) is 4.74 Å². The van der Waals surface area contributed by atoms with Crippen molar-refractivity contribution in [2.75, 3.05) is 19.0 Å². The lowest BCUT2D eigenvalue weighted by Gasteiger charge is -2.16. The van der Waals surface area contributed by atoms with E-state index in [0.717, 1.165) is 10.0 Å². The van der Waals surface area contributed by atoms with Gasteiger partial charge in [0.1, 0.15) is 6.61 Å². The molecule has 0 aromatic heterocycles. The van der Waals surface area contributed by atoms with E-state index in [1.807, 2.05) is 24.3 Å². The Morgan fingerprint density at radius 3 is 2.70 bits per heavy atom. The standard InChI is InChI=1S/C21H23BrN2O5S/c1-24(14-25)11-16-10-18(5-8-20(16)30(27,28)19-6-7-19)23-21(26)13-29-12-15-3-2-4-17(22)9-15/h2-5,8-10,14,19H,6-7,11-13H2,1H3,(H,23,26). The molecular formula is C21H23BrN2O5S. The largest absolute Gasteiger partial charge is 0.367 e. The van der Waals surface area contributed by atoms with Gasteiger partial charge in [-0.05, 0) is 54.3 Å². The van der Waals surface area contributed by atoms with Crippen molar-refractivity contribution in [3.63, 3.8) is 0 Å². The first-order chi connectivity index (χ1) is 14.3. The van der Waals surface area contributed by atoms with Crippen LogP contribution in [0, 0.1) is 0 Å². The van der Waals surface area contributed by atoms with Crippen LogP contribution in [0.15, 0.2) is 51.8 Å². The molecule has 0 atom stereocenters. The Balaban J connectivity index is 1.66. The van der Waals surface area contributed by atoms with Gasteiger partial charge in [0.05, 0.1) is 16.8 Å². The van der Waals surface area contributed by atoms with Gasteiger partial charge < -0.3 is 15.0 Å². The third-order valence-corrected chi connectivity index (χ3v) is 7.46. The van der Waals surface area contributed by atoms with Gasteiger partial charge in [-0.2, -0.15) is 0 Å². The van der Waals surface area contributed by atoms with E-state index in [2.05, 4.69) is 21.2 Å². The minimum absolute atomic E-state index is 0.133. The molecule has 1 N–H and O–H groups in total. The van der Waals surface area contributed by atoms with E-state index in [-0.39, 0.29) is 29.2 Å². The monoisotopic (exact) mass is 494 g/mol. The van der Waals surface area contributed by atoms with E-state index in [9.17, 15) is 18.0 Å². The molecule has 0 unspecified atom stereocenters. The molecule has 0 radical (unpaired) electrons. The number of hydrogen-bond donors (Lipinski definition) is 1. The Morgan fingerprint density at radius 1 is 1.27 bits per heavy atom. The number of carbonyl (C=O) groups is 2. The van der Waals surface area contributed by atoms with Gasteiger partial charge in [-0.3, -0.25) is 9.59 Å². The molecule has 2 aromatic carbocycles. The number of carbonyl (C=O) groups excluding carboxylic acids is 2. The molecule has 9 heteroatoms. The summed E-state index contributed by atoms with van der Waals surface area (Å²) in [6.07, 6.45) is 1.94. The summed E-state index contributed by atoms with van der Waals surface area (Å²) in [5.74, 6) is -0.350. The second-order valence-electron chi connectivity index (χ2n) is 7.26. The quantitative estimate of drug-likeness (QED) is 0.512. The number of rotatable bonds is 10. The van der Waals surface area contributed by atoms with E-state index in [1.165, 1.54) is 11.0 Å². The van der Waals surface area contributed by atoms with Gasteiger partial charge >= 0.3 is 0 Å². The molecule has 0 spiro atoms. The molecule has 0 bridgehead atoms. The third-order valence-electron chi connectivity index (χ3n) is 4.60. The van der Waals surface area contributed by atoms with Crippen LogP contribution in [-0.4, -0.2) is 44.5 Å². The van der Waals surface area contributed by atoms with Crippen LogP contribution >= 0.6 is 15.9 Å². The van der Waals surface area contributed by atoms with Gasteiger partial charge in [-0.25, -0.2) is 8.42 Å². The second kappa shape index (κ2) is 9.72. The smallest absolute Gasteiger partial charge is 0.250 e. The number of nitrogens with zero attached hydrogens (tertiary/aromatic N) is 1. The van der Waals surface area contributed by atoms with E-state index < -0.39 is 9.84 Å². The van der Waals surface area contributed by atoms with Crippen LogP contribution in [0.5, 0.6) is 0 Å². The highest BCUT2D eigenvalue weighted by Crippen LogP contribution is 2.36. The van der Waals surface area contributed by atoms with Gasteiger partial charge in [0.15, 0.2) is 9.84 Å². The molecule has 1 saturated carbocycles. The molecule has 1 aliphatic carbocycles. The molecule has 0 saturated heterocycles. The van der Waals surface area contributed by atoms with Crippen molar-refractivity contribution >= 4 is 43.8 Å². The molecule has 0 aliphatic heterocycles. The van der Waals surface area contributed by atoms with Crippen molar-refractivity contribution in [1.82, 2.24) is 4.90 Å². The van der Waals surface area contributed by atoms with Gasteiger partial charge in [0.2, 0.25) is 12.3 Å². The molecule has 3 rings (SSSR count). The van der Waals surface area contributed by atoms with Gasteiger partial charge in [0.25, 0.3) is 0 Å². The Hall–Kier alpha value is -2.23. The summed E-state index contributed by atoms with van der Waals surface area (Å²) in [5.41, 5.74) is 1.87. The van der Waals surface area contributed by atoms with Gasteiger partial charge in [-0.15, -0.1) is 0 Å². The summed E-state index contributed by atoms with van der Waals surface area (Å²) in [5, 5.41) is 2.36. The van der Waals surface area contributed by atoms with Crippen molar-refractivity contribution in [3.8, 4) is 0 Å². The summed E-state index contributed by atoms with van der Waals surface area (Å²) in [7, 11) is -1.86. The molecule has 7 nitrogen and oxygen atoms in total. The highest BCUT2D eigenvalue weighted by atomic mass is 79.9. The van der Waals surface area contributed by atoms with E-state index in [1.54, 1.807) is 19.2 Å². The number of benzene rings is 2. The van der Waals surface area contributed by atoms with E-state index >= 15 is 0 Å². The highest BCUT2D eigenvalue weighted by molar-refractivity contribution is 9.10. The third kappa shape index (κ3) is 5.90. The zero-order valence-corrected chi connectivity index (χ0v) is 18.9. The van der Waals surface area contributed by atoms with Crippen molar-refractivity contribution in [2.24, 2.45) is 0 Å². The lowest BCUT2D eigenvalue weighted by Crippen LogP contribution is -2.21. The number of anilines is 1. The predicted octanol–water partition coefficient (Wildman–Crippen LogP) is 3.13. The van der Waals surface area contributed by atoms with Crippen molar-refractivity contribution in [2.45, 2.75) is 36.1 Å². The van der Waals surface area contributed by atoms with Gasteiger partial charge in [-0.1, -0.05) is 28.1 Å². The molecule has 2 amide bonds. The number of amides is 2. The average molecular weight is 495 g/mol. The fourth-order valence-electron chi connectivity index (χ4n) is 3.01. The first kappa shape index (κ1) is 22.5. The molecule has 1 fully saturated rings. The van der Waals surface area contributed by atoms with Gasteiger partial charge in [0, 0.05) is 23.8 Å². The summed E-state index contributed by atoms with van der Waals surface area (Å²) in [4.78, 5) is 24.8. The van der Waals surface area contributed by atoms with E-state index in [0.29, 0.717) is 37.1 Å². The first-order valence-electron chi connectivity index (χ1n) is 9.44. The lowest BCUT2D eigenvalue weighted by atomic mass is 10.2. The fraction of sp³-hybridized carbons (Fsp3) is 0.333. The highest BCUT2D eigenvalue weighted by Gasteiger charge is 2.38. The number of sulfone groups is 1. The number of halogens is 1. The Bertz CT molecular complexity index is 1040. The van der Waals surface area contributed by atoms with Crippen LogP contribution in [-0.2, 0) is 37.3 Å². The molecule has 0 heterocycles. The minimum Gasteiger partial charge on any atom is -0.367 e. The zero-order chi connectivity index (χ0) is 21.7. The SMILES string of the molecule is CN(C=O)Cc1cc(NC(=O)COCc2cccc(Br)c2)ccc1S(=O)(=O)C1CC1. The van der Waals surface area contributed by atoms with Crippen LogP contribution in [0.25, 0.3) is 0 Å². The molecule has 160 valence electrons. The first-order valence-corrected chi connectivity index (χ1v) is 11.8. The normalized spacial score (nSPS) is 13.7. The maximum absolute atomic E-state index is 12.7. The Labute approximate surface area is 184 Å². The Kier molecular flexibility index (Phi) is 7.27. The van der Waals surface area contributed by atoms with Crippen molar-refractivity contribution in [1.29, 1.82) is 0 Å². The molecule has 30 heavy (non-hydrogen) atoms. The average Bonchev–Trinajstić information content (AvgIpc) is 3.54. The van der Waals surface area contributed by atoms with Crippen LogP contribution in [0.1, 0.15) is 24.0 Å². The summed E-state index contributed by atoms with van der Waals surface area (Å²) in [6.45, 7) is 0.285. The number of nitrogens with one attached hydrogen (secondary N) is 1. The van der Waals surface area contributed by atoms with Crippen LogP contribution < -0.4 is 5.32 Å². The van der Waals surface area contributed by atoms with Crippen LogP contribution in [0.3, 0.4) is 0 Å². The summed E-state index contributed by atoms with van der Waals surface area (Å²) < 4.78 is 31.8. The number of ether oxygens (including phenoxy) is 1. The summed E-state index contributed by atoms with van der Waals surface area (Å²) >= 11 is 3.39. The molecule has 1 aliphatic rings. The predicted molar refractivity (Wildman–Crippen MR) is 117 cm³/mol. The molecule has 2 aromatic rings. The van der Waals surface area contributed by atoms with Crippen LogP contribution in [0.4, 0.5) is 5.69 Å². The van der Waals surface area contributed by atoms with Crippen molar-refractivity contribution in [3.05, 3.63) is 58.1 Å². The Morgan fingerprint density at radius 2 is 2.03 bits per heavy atom. The molecular weight excluding hydrogens is 472 g/mol. The number of hydrogen-bond acceptors (Lipinski definition) is 5. The fourth-order valence-corrected chi connectivity index (χ4v) is 5.32. The zero-order valence-electron chi connectivity index (χ0n) is 16.5. The van der Waals surface area contributed by atoms with Crippen molar-refractivity contribution < 1.29 is 22.7 Å². The van der Waals surface area contributed by atoms with Crippen LogP contribution in [0.2, 0.25) is 0 Å². The second-order valence-corrected chi connectivity index (χ2v) is 10.4. The maximum atomic E-state index is 12.7. The minimum atomic E-state index is -3.43. The lowest BCUT2D eigenvalue weighted by molar-refractivity contribution is -0.121. The topological polar surface area (TPSA) is 92.8 Å². The maximum Gasteiger partial charge on any atom is 0.250 e. The summed E-state index contributed by atoms with van der Waals surface area (Å²) in [6, 6.07) is 12.3.